The van der Waals surface area contributed by atoms with Crippen LogP contribution in [0.15, 0.2) is 12.5 Å². The minimum atomic E-state index is -3.39. The van der Waals surface area contributed by atoms with Crippen molar-refractivity contribution in [2.45, 2.75) is 6.92 Å². The average Bonchev–Trinajstić information content (AvgIpc) is 2.12. The molecule has 0 aliphatic heterocycles. The SMILES string of the molecule is CCOC=COP(=O)(OC)OC. The molecule has 0 unspecified atom stereocenters. The van der Waals surface area contributed by atoms with Crippen LogP contribution in [0.1, 0.15) is 6.92 Å². The van der Waals surface area contributed by atoms with Gasteiger partial charge in [-0.3, -0.25) is 9.05 Å². The van der Waals surface area contributed by atoms with Gasteiger partial charge in [0.15, 0.2) is 0 Å². The van der Waals surface area contributed by atoms with Gasteiger partial charge in [0.05, 0.1) is 6.61 Å². The van der Waals surface area contributed by atoms with Gasteiger partial charge in [0.25, 0.3) is 0 Å². The number of phosphoric acid groups is 1. The fraction of sp³-hybridized carbons (Fsp3) is 0.667. The van der Waals surface area contributed by atoms with Gasteiger partial charge in [-0.15, -0.1) is 0 Å². The zero-order valence-corrected chi connectivity index (χ0v) is 8.24. The van der Waals surface area contributed by atoms with Crippen molar-refractivity contribution < 1.29 is 22.9 Å². The summed E-state index contributed by atoms with van der Waals surface area (Å²) in [5.74, 6) is 0. The molecule has 0 radical (unpaired) electrons. The third kappa shape index (κ3) is 4.38. The van der Waals surface area contributed by atoms with Crippen molar-refractivity contribution in [1.82, 2.24) is 0 Å². The monoisotopic (exact) mass is 196 g/mol. The molecule has 0 saturated carbocycles. The highest BCUT2D eigenvalue weighted by Crippen LogP contribution is 2.47. The molecule has 6 heteroatoms. The predicted octanol–water partition coefficient (Wildman–Crippen LogP) is 1.91. The number of rotatable bonds is 6. The van der Waals surface area contributed by atoms with E-state index < -0.39 is 7.82 Å². The lowest BCUT2D eigenvalue weighted by Crippen LogP contribution is -1.89. The smallest absolute Gasteiger partial charge is 0.498 e. The van der Waals surface area contributed by atoms with Gasteiger partial charge in [0, 0.05) is 14.2 Å². The second-order valence-corrected chi connectivity index (χ2v) is 3.48. The molecule has 0 rings (SSSR count). The molecule has 0 heterocycles. The molecule has 0 fully saturated rings. The average molecular weight is 196 g/mol. The van der Waals surface area contributed by atoms with Crippen molar-refractivity contribution in [3.8, 4) is 0 Å². The number of ether oxygens (including phenoxy) is 1. The molecule has 0 aliphatic carbocycles. The van der Waals surface area contributed by atoms with Crippen LogP contribution in [0.5, 0.6) is 0 Å². The zero-order chi connectivity index (χ0) is 9.45. The molecule has 12 heavy (non-hydrogen) atoms. The van der Waals surface area contributed by atoms with E-state index in [1.54, 1.807) is 0 Å². The maximum absolute atomic E-state index is 11.1. The topological polar surface area (TPSA) is 54.0 Å². The van der Waals surface area contributed by atoms with E-state index in [-0.39, 0.29) is 0 Å². The Kier molecular flexibility index (Phi) is 5.80. The molecule has 0 N–H and O–H groups in total. The molecule has 0 saturated heterocycles. The van der Waals surface area contributed by atoms with Crippen LogP contribution in [-0.2, 0) is 22.9 Å². The van der Waals surface area contributed by atoms with E-state index in [1.165, 1.54) is 20.5 Å². The molecule has 0 aromatic carbocycles. The summed E-state index contributed by atoms with van der Waals surface area (Å²) in [6, 6.07) is 0. The summed E-state index contributed by atoms with van der Waals surface area (Å²) in [6.07, 6.45) is 2.39. The van der Waals surface area contributed by atoms with Crippen LogP contribution < -0.4 is 0 Å². The molecule has 0 atom stereocenters. The fourth-order valence-electron chi connectivity index (χ4n) is 0.395. The Hall–Kier alpha value is -0.510. The highest BCUT2D eigenvalue weighted by Gasteiger charge is 2.21. The summed E-state index contributed by atoms with van der Waals surface area (Å²) in [6.45, 7) is 2.33. The summed E-state index contributed by atoms with van der Waals surface area (Å²) in [5, 5.41) is 0. The summed E-state index contributed by atoms with van der Waals surface area (Å²) in [5.41, 5.74) is 0. The third-order valence-electron chi connectivity index (χ3n) is 0.956. The van der Waals surface area contributed by atoms with Crippen LogP contribution in [0, 0.1) is 0 Å². The Morgan fingerprint density at radius 2 is 1.83 bits per heavy atom. The van der Waals surface area contributed by atoms with Gasteiger partial charge in [-0.2, -0.15) is 0 Å². The Labute approximate surface area is 71.9 Å². The van der Waals surface area contributed by atoms with Crippen molar-refractivity contribution in [1.29, 1.82) is 0 Å². The fourth-order valence-corrected chi connectivity index (χ4v) is 0.915. The van der Waals surface area contributed by atoms with Crippen LogP contribution in [0.25, 0.3) is 0 Å². The Morgan fingerprint density at radius 3 is 2.25 bits per heavy atom. The number of phosphoric ester groups is 1. The van der Waals surface area contributed by atoms with E-state index >= 15 is 0 Å². The lowest BCUT2D eigenvalue weighted by atomic mass is 10.9. The second-order valence-electron chi connectivity index (χ2n) is 1.65. The molecular weight excluding hydrogens is 183 g/mol. The van der Waals surface area contributed by atoms with Gasteiger partial charge in [0.1, 0.15) is 12.5 Å². The second kappa shape index (κ2) is 6.06. The van der Waals surface area contributed by atoms with E-state index in [1.807, 2.05) is 6.92 Å². The number of hydrogen-bond acceptors (Lipinski definition) is 5. The van der Waals surface area contributed by atoms with Crippen LogP contribution >= 0.6 is 7.82 Å². The van der Waals surface area contributed by atoms with Crippen molar-refractivity contribution in [3.63, 3.8) is 0 Å². The molecule has 0 aromatic rings. The van der Waals surface area contributed by atoms with Crippen LogP contribution in [-0.4, -0.2) is 20.8 Å². The van der Waals surface area contributed by atoms with Gasteiger partial charge < -0.3 is 9.26 Å². The largest absolute Gasteiger partial charge is 0.529 e. The first-order valence-electron chi connectivity index (χ1n) is 3.35. The lowest BCUT2D eigenvalue weighted by molar-refractivity contribution is 0.186. The molecule has 0 aromatic heterocycles. The molecule has 0 bridgehead atoms. The standard InChI is InChI=1S/C6H13O5P/c1-4-10-5-6-11-12(7,8-2)9-3/h5-6H,4H2,1-3H3. The minimum Gasteiger partial charge on any atom is -0.498 e. The van der Waals surface area contributed by atoms with Crippen molar-refractivity contribution in [2.75, 3.05) is 20.8 Å². The van der Waals surface area contributed by atoms with E-state index in [0.29, 0.717) is 6.61 Å². The minimum absolute atomic E-state index is 0.518. The number of hydrogen-bond donors (Lipinski definition) is 0. The molecule has 0 spiro atoms. The molecule has 5 nitrogen and oxygen atoms in total. The van der Waals surface area contributed by atoms with Gasteiger partial charge in [-0.1, -0.05) is 0 Å². The van der Waals surface area contributed by atoms with Crippen LogP contribution in [0.4, 0.5) is 0 Å². The van der Waals surface area contributed by atoms with E-state index in [4.69, 9.17) is 4.74 Å². The summed E-state index contributed by atoms with van der Waals surface area (Å²) < 4.78 is 29.5. The summed E-state index contributed by atoms with van der Waals surface area (Å²) >= 11 is 0. The third-order valence-corrected chi connectivity index (χ3v) is 2.23. The van der Waals surface area contributed by atoms with E-state index in [9.17, 15) is 4.57 Å². The van der Waals surface area contributed by atoms with Crippen molar-refractivity contribution in [3.05, 3.63) is 12.5 Å². The van der Waals surface area contributed by atoms with Gasteiger partial charge >= 0.3 is 7.82 Å². The van der Waals surface area contributed by atoms with Gasteiger partial charge in [-0.05, 0) is 6.92 Å². The maximum Gasteiger partial charge on any atom is 0.529 e. The highest BCUT2D eigenvalue weighted by atomic mass is 31.2. The van der Waals surface area contributed by atoms with Crippen molar-refractivity contribution in [2.24, 2.45) is 0 Å². The molecule has 72 valence electrons. The Bertz CT molecular complexity index is 171. The quantitative estimate of drug-likeness (QED) is 0.479. The molecule has 0 aliphatic rings. The lowest BCUT2D eigenvalue weighted by Gasteiger charge is -2.10. The first-order valence-corrected chi connectivity index (χ1v) is 4.81. The first kappa shape index (κ1) is 11.5. The van der Waals surface area contributed by atoms with Gasteiger partial charge in [-0.25, -0.2) is 4.57 Å². The van der Waals surface area contributed by atoms with Crippen LogP contribution in [0.3, 0.4) is 0 Å². The normalized spacial score (nSPS) is 11.9. The Balaban J connectivity index is 3.80. The van der Waals surface area contributed by atoms with Gasteiger partial charge in [0.2, 0.25) is 0 Å². The van der Waals surface area contributed by atoms with Crippen molar-refractivity contribution >= 4 is 7.82 Å². The highest BCUT2D eigenvalue weighted by molar-refractivity contribution is 7.48. The summed E-state index contributed by atoms with van der Waals surface area (Å²) in [4.78, 5) is 0. The first-order chi connectivity index (χ1) is 5.68. The van der Waals surface area contributed by atoms with E-state index in [2.05, 4.69) is 13.6 Å². The van der Waals surface area contributed by atoms with E-state index in [0.717, 1.165) is 6.26 Å². The molecular formula is C6H13O5P. The summed E-state index contributed by atoms with van der Waals surface area (Å²) in [7, 11) is -0.918. The zero-order valence-electron chi connectivity index (χ0n) is 7.35. The predicted molar refractivity (Wildman–Crippen MR) is 43.5 cm³/mol. The molecule has 0 amide bonds. The Morgan fingerprint density at radius 1 is 1.25 bits per heavy atom. The maximum atomic E-state index is 11.1. The van der Waals surface area contributed by atoms with Crippen LogP contribution in [0.2, 0.25) is 0 Å².